The molecule has 1 fully saturated rings. The van der Waals surface area contributed by atoms with Crippen molar-refractivity contribution in [3.05, 3.63) is 96.1 Å². The molecular formula is C27H26O9. The van der Waals surface area contributed by atoms with Crippen LogP contribution in [0.5, 0.6) is 11.5 Å². The second kappa shape index (κ2) is 11.7. The van der Waals surface area contributed by atoms with Gasteiger partial charge in [-0.1, -0.05) is 36.4 Å². The lowest BCUT2D eigenvalue weighted by Gasteiger charge is -2.42. The van der Waals surface area contributed by atoms with Gasteiger partial charge >= 0.3 is 11.9 Å². The normalized spacial score (nSPS) is 23.4. The molecule has 9 nitrogen and oxygen atoms in total. The quantitative estimate of drug-likeness (QED) is 0.455. The Balaban J connectivity index is 1.65. The Morgan fingerprint density at radius 2 is 1.28 bits per heavy atom. The Kier molecular flexibility index (Phi) is 8.17. The second-order valence-electron chi connectivity index (χ2n) is 7.98. The van der Waals surface area contributed by atoms with Gasteiger partial charge in [-0.15, -0.1) is 0 Å². The number of hydrogen-bond donors (Lipinski definition) is 2. The summed E-state index contributed by atoms with van der Waals surface area (Å²) in [6.07, 6.45) is -6.77. The Morgan fingerprint density at radius 1 is 0.778 bits per heavy atom. The van der Waals surface area contributed by atoms with Gasteiger partial charge in [-0.25, -0.2) is 9.59 Å². The first-order chi connectivity index (χ1) is 17.5. The van der Waals surface area contributed by atoms with Crippen LogP contribution in [0, 0.1) is 0 Å². The highest BCUT2D eigenvalue weighted by Gasteiger charge is 2.51. The van der Waals surface area contributed by atoms with Gasteiger partial charge in [-0.2, -0.15) is 0 Å². The third-order valence-corrected chi connectivity index (χ3v) is 5.62. The Labute approximate surface area is 207 Å². The zero-order valence-corrected chi connectivity index (χ0v) is 19.4. The third kappa shape index (κ3) is 5.83. The molecule has 9 heteroatoms. The summed E-state index contributed by atoms with van der Waals surface area (Å²) in [5.41, 5.74) is 0.477. The van der Waals surface area contributed by atoms with Crippen molar-refractivity contribution < 1.29 is 43.5 Å². The summed E-state index contributed by atoms with van der Waals surface area (Å²) in [5, 5.41) is 20.7. The van der Waals surface area contributed by atoms with Crippen LogP contribution < -0.4 is 9.47 Å². The summed E-state index contributed by atoms with van der Waals surface area (Å²) in [5.74, 6) is -0.551. The van der Waals surface area contributed by atoms with Crippen LogP contribution in [-0.4, -0.2) is 66.6 Å². The summed E-state index contributed by atoms with van der Waals surface area (Å²) >= 11 is 0. The maximum atomic E-state index is 12.9. The fraction of sp³-hybridized carbons (Fsp3) is 0.259. The molecule has 0 saturated carbocycles. The van der Waals surface area contributed by atoms with Crippen molar-refractivity contribution in [1.82, 2.24) is 0 Å². The van der Waals surface area contributed by atoms with E-state index >= 15 is 0 Å². The molecule has 3 aromatic carbocycles. The van der Waals surface area contributed by atoms with E-state index < -0.39 is 49.3 Å². The van der Waals surface area contributed by atoms with Crippen LogP contribution in [0.4, 0.5) is 0 Å². The van der Waals surface area contributed by atoms with Crippen LogP contribution in [-0.2, 0) is 14.2 Å². The number of aliphatic hydroxyl groups is 2. The van der Waals surface area contributed by atoms with Gasteiger partial charge in [0, 0.05) is 0 Å². The lowest BCUT2D eigenvalue weighted by molar-refractivity contribution is -0.276. The molecule has 0 spiro atoms. The molecule has 2 N–H and O–H groups in total. The van der Waals surface area contributed by atoms with Crippen molar-refractivity contribution in [2.45, 2.75) is 30.7 Å². The highest BCUT2D eigenvalue weighted by Crippen LogP contribution is 2.30. The fourth-order valence-electron chi connectivity index (χ4n) is 3.72. The summed E-state index contributed by atoms with van der Waals surface area (Å²) in [4.78, 5) is 25.8. The van der Waals surface area contributed by atoms with Gasteiger partial charge in [0.15, 0.2) is 6.10 Å². The molecule has 0 aliphatic carbocycles. The number of methoxy groups -OCH3 is 1. The number of rotatable bonds is 8. The zero-order chi connectivity index (χ0) is 25.5. The molecule has 4 rings (SSSR count). The summed E-state index contributed by atoms with van der Waals surface area (Å²) in [7, 11) is 1.53. The molecule has 0 amide bonds. The maximum absolute atomic E-state index is 12.9. The first-order valence-corrected chi connectivity index (χ1v) is 11.3. The summed E-state index contributed by atoms with van der Waals surface area (Å²) in [6, 6.07) is 22.9. The van der Waals surface area contributed by atoms with E-state index in [0.29, 0.717) is 11.5 Å². The number of ether oxygens (including phenoxy) is 5. The molecule has 1 aliphatic rings. The molecule has 0 bridgehead atoms. The van der Waals surface area contributed by atoms with Gasteiger partial charge in [0.1, 0.15) is 23.7 Å². The molecule has 3 aromatic rings. The van der Waals surface area contributed by atoms with Gasteiger partial charge in [0.05, 0.1) is 24.8 Å². The number of aliphatic hydroxyl groups excluding tert-OH is 2. The van der Waals surface area contributed by atoms with Crippen molar-refractivity contribution in [1.29, 1.82) is 0 Å². The van der Waals surface area contributed by atoms with Crippen LogP contribution >= 0.6 is 0 Å². The zero-order valence-electron chi connectivity index (χ0n) is 19.4. The minimum absolute atomic E-state index is 0.234. The average Bonchev–Trinajstić information content (AvgIpc) is 2.93. The van der Waals surface area contributed by atoms with Crippen LogP contribution in [0.2, 0.25) is 0 Å². The lowest BCUT2D eigenvalue weighted by Crippen LogP contribution is -2.62. The molecule has 188 valence electrons. The number of carbonyl (C=O) groups is 2. The van der Waals surface area contributed by atoms with Crippen LogP contribution in [0.15, 0.2) is 84.9 Å². The van der Waals surface area contributed by atoms with Crippen LogP contribution in [0.1, 0.15) is 20.7 Å². The molecule has 5 atom stereocenters. The number of benzene rings is 3. The highest BCUT2D eigenvalue weighted by atomic mass is 16.7. The fourth-order valence-corrected chi connectivity index (χ4v) is 3.72. The first-order valence-electron chi connectivity index (χ1n) is 11.3. The van der Waals surface area contributed by atoms with Gasteiger partial charge in [0.2, 0.25) is 12.4 Å². The predicted molar refractivity (Wildman–Crippen MR) is 127 cm³/mol. The topological polar surface area (TPSA) is 121 Å². The molecule has 0 radical (unpaired) electrons. The largest absolute Gasteiger partial charge is 0.497 e. The van der Waals surface area contributed by atoms with Crippen LogP contribution in [0.3, 0.4) is 0 Å². The van der Waals surface area contributed by atoms with Crippen molar-refractivity contribution in [2.24, 2.45) is 0 Å². The number of hydrogen-bond acceptors (Lipinski definition) is 9. The molecular weight excluding hydrogens is 468 g/mol. The van der Waals surface area contributed by atoms with Gasteiger partial charge < -0.3 is 33.9 Å². The average molecular weight is 494 g/mol. The maximum Gasteiger partial charge on any atom is 0.338 e. The van der Waals surface area contributed by atoms with Crippen molar-refractivity contribution in [3.8, 4) is 11.5 Å². The van der Waals surface area contributed by atoms with Crippen molar-refractivity contribution >= 4 is 11.9 Å². The Morgan fingerprint density at radius 3 is 1.78 bits per heavy atom. The monoisotopic (exact) mass is 494 g/mol. The molecule has 0 aromatic heterocycles. The predicted octanol–water partition coefficient (Wildman–Crippen LogP) is 2.60. The van der Waals surface area contributed by atoms with E-state index in [1.165, 1.54) is 7.11 Å². The highest BCUT2D eigenvalue weighted by molar-refractivity contribution is 5.90. The number of carbonyl (C=O) groups excluding carboxylic acids is 2. The van der Waals surface area contributed by atoms with Gasteiger partial charge in [-0.05, 0) is 48.5 Å². The molecule has 1 heterocycles. The van der Waals surface area contributed by atoms with E-state index in [1.54, 1.807) is 84.9 Å². The smallest absolute Gasteiger partial charge is 0.338 e. The van der Waals surface area contributed by atoms with Crippen LogP contribution in [0.25, 0.3) is 0 Å². The minimum atomic E-state index is -1.51. The van der Waals surface area contributed by atoms with E-state index in [-0.39, 0.29) is 11.1 Å². The molecule has 1 aliphatic heterocycles. The van der Waals surface area contributed by atoms with E-state index in [4.69, 9.17) is 23.7 Å². The van der Waals surface area contributed by atoms with E-state index in [2.05, 4.69) is 0 Å². The minimum Gasteiger partial charge on any atom is -0.497 e. The van der Waals surface area contributed by atoms with Crippen molar-refractivity contribution in [2.75, 3.05) is 13.7 Å². The molecule has 36 heavy (non-hydrogen) atoms. The molecule has 0 unspecified atom stereocenters. The second-order valence-corrected chi connectivity index (χ2v) is 7.98. The van der Waals surface area contributed by atoms with Crippen molar-refractivity contribution in [3.63, 3.8) is 0 Å². The third-order valence-electron chi connectivity index (χ3n) is 5.62. The Hall–Kier alpha value is -3.92. The standard InChI is InChI=1S/C27H26O9/c1-32-19-12-14-20(15-13-19)33-27-24(36-26(31)18-10-6-3-7-11-18)23(22(29)21(16-28)34-27)35-25(30)17-8-4-2-5-9-17/h2-15,21-24,27-29H,16H2,1H3/t21-,22-,23+,24-,27-/m1/s1. The van der Waals surface area contributed by atoms with E-state index in [1.807, 2.05) is 0 Å². The Bertz CT molecular complexity index is 1130. The lowest BCUT2D eigenvalue weighted by atomic mass is 9.98. The van der Waals surface area contributed by atoms with Gasteiger partial charge in [0.25, 0.3) is 0 Å². The SMILES string of the molecule is COc1ccc(O[C@@H]2O[C@H](CO)[C@@H](O)[C@H](OC(=O)c3ccccc3)[C@H]2OC(=O)c2ccccc2)cc1. The van der Waals surface area contributed by atoms with Gasteiger partial charge in [-0.3, -0.25) is 0 Å². The van der Waals surface area contributed by atoms with E-state index in [0.717, 1.165) is 0 Å². The summed E-state index contributed by atoms with van der Waals surface area (Å²) in [6.45, 7) is -0.595. The molecule has 1 saturated heterocycles. The first kappa shape index (κ1) is 25.2. The summed E-state index contributed by atoms with van der Waals surface area (Å²) < 4.78 is 28.1. The van der Waals surface area contributed by atoms with E-state index in [9.17, 15) is 19.8 Å². The number of esters is 2.